The molecule has 2 aromatic heterocycles. The minimum atomic E-state index is -4.11. The second-order valence-corrected chi connectivity index (χ2v) is 9.68. The number of amides is 1. The summed E-state index contributed by atoms with van der Waals surface area (Å²) in [5, 5.41) is 4.92. The minimum absolute atomic E-state index is 0.0334. The van der Waals surface area contributed by atoms with Crippen LogP contribution in [0.2, 0.25) is 0 Å². The van der Waals surface area contributed by atoms with E-state index in [1.54, 1.807) is 6.92 Å². The van der Waals surface area contributed by atoms with Crippen LogP contribution in [0.5, 0.6) is 0 Å². The minimum Gasteiger partial charge on any atom is -0.342 e. The summed E-state index contributed by atoms with van der Waals surface area (Å²) in [5.41, 5.74) is 4.85. The van der Waals surface area contributed by atoms with E-state index < -0.39 is 12.1 Å². The van der Waals surface area contributed by atoms with Crippen molar-refractivity contribution in [2.75, 3.05) is 13.1 Å². The van der Waals surface area contributed by atoms with E-state index in [1.807, 2.05) is 22.4 Å². The summed E-state index contributed by atoms with van der Waals surface area (Å²) in [7, 11) is 0. The van der Waals surface area contributed by atoms with Gasteiger partial charge in [0.2, 0.25) is 5.91 Å². The van der Waals surface area contributed by atoms with Crippen LogP contribution in [0.15, 0.2) is 6.07 Å². The van der Waals surface area contributed by atoms with Crippen LogP contribution < -0.4 is 0 Å². The summed E-state index contributed by atoms with van der Waals surface area (Å²) in [5.74, 6) is -0.522. The van der Waals surface area contributed by atoms with Gasteiger partial charge in [0.1, 0.15) is 0 Å². The molecule has 4 rings (SSSR count). The van der Waals surface area contributed by atoms with E-state index in [0.29, 0.717) is 25.3 Å². The second-order valence-electron chi connectivity index (χ2n) is 9.68. The van der Waals surface area contributed by atoms with Gasteiger partial charge in [-0.1, -0.05) is 13.8 Å². The van der Waals surface area contributed by atoms with E-state index >= 15 is 0 Å². The first-order valence-electron chi connectivity index (χ1n) is 11.8. The van der Waals surface area contributed by atoms with Gasteiger partial charge in [0.05, 0.1) is 17.3 Å². The summed E-state index contributed by atoms with van der Waals surface area (Å²) in [6.45, 7) is 9.40. The molecule has 176 valence electrons. The lowest BCUT2D eigenvalue weighted by Crippen LogP contribution is -2.42. The maximum atomic E-state index is 13.1. The summed E-state index contributed by atoms with van der Waals surface area (Å²) in [4.78, 5) is 18.8. The predicted octanol–water partition coefficient (Wildman–Crippen LogP) is 5.41. The SMILES string of the molecule is CCc1c(C)nc2cc(C3CCC(C(F)(F)F)CC3)nn2c1[C@@H]1CN(C(C)=O)CC[C@H]1C. The zero-order valence-electron chi connectivity index (χ0n) is 19.4. The number of aryl methyl sites for hydroxylation is 1. The Hall–Kier alpha value is -2.12. The number of hydrogen-bond acceptors (Lipinski definition) is 3. The summed E-state index contributed by atoms with van der Waals surface area (Å²) in [6.07, 6.45) is -1.03. The fraction of sp³-hybridized carbons (Fsp3) is 0.708. The third-order valence-corrected chi connectivity index (χ3v) is 7.68. The number of piperidine rings is 1. The number of fused-ring (bicyclic) bond motifs is 1. The Morgan fingerprint density at radius 1 is 1.19 bits per heavy atom. The van der Waals surface area contributed by atoms with Crippen LogP contribution in [0.4, 0.5) is 13.2 Å². The summed E-state index contributed by atoms with van der Waals surface area (Å²) < 4.78 is 41.2. The van der Waals surface area contributed by atoms with E-state index in [2.05, 4.69) is 13.8 Å². The highest BCUT2D eigenvalue weighted by molar-refractivity contribution is 5.73. The number of nitrogens with zero attached hydrogens (tertiary/aromatic N) is 4. The number of likely N-dealkylation sites (tertiary alicyclic amines) is 1. The van der Waals surface area contributed by atoms with Crippen LogP contribution in [0.1, 0.15) is 87.4 Å². The third kappa shape index (κ3) is 4.25. The van der Waals surface area contributed by atoms with Crippen LogP contribution in [0, 0.1) is 18.8 Å². The molecule has 0 unspecified atom stereocenters. The van der Waals surface area contributed by atoms with Crippen molar-refractivity contribution in [2.45, 2.75) is 84.2 Å². The molecule has 0 bridgehead atoms. The maximum Gasteiger partial charge on any atom is 0.391 e. The van der Waals surface area contributed by atoms with E-state index in [4.69, 9.17) is 10.1 Å². The van der Waals surface area contributed by atoms with E-state index in [9.17, 15) is 18.0 Å². The number of alkyl halides is 3. The Morgan fingerprint density at radius 2 is 1.88 bits per heavy atom. The molecule has 1 aliphatic heterocycles. The monoisotopic (exact) mass is 450 g/mol. The standard InChI is InChI=1S/C24H33F3N4O/c1-5-19-15(3)28-22-12-21(17-6-8-18(9-7-17)24(25,26)27)29-31(22)23(19)20-13-30(16(4)32)11-10-14(20)2/h12,14,17-18,20H,5-11,13H2,1-4H3/t14-,17?,18?,20-/m1/s1. The molecule has 32 heavy (non-hydrogen) atoms. The van der Waals surface area contributed by atoms with Gasteiger partial charge in [0.25, 0.3) is 0 Å². The molecule has 3 heterocycles. The topological polar surface area (TPSA) is 50.5 Å². The Balaban J connectivity index is 1.71. The second kappa shape index (κ2) is 8.67. The van der Waals surface area contributed by atoms with Crippen LogP contribution in [-0.2, 0) is 11.2 Å². The molecule has 1 saturated carbocycles. The first-order valence-corrected chi connectivity index (χ1v) is 11.8. The molecule has 2 fully saturated rings. The van der Waals surface area contributed by atoms with Gasteiger partial charge in [0.15, 0.2) is 5.65 Å². The van der Waals surface area contributed by atoms with Crippen LogP contribution in [0.25, 0.3) is 5.65 Å². The number of hydrogen-bond donors (Lipinski definition) is 0. The largest absolute Gasteiger partial charge is 0.391 e. The highest BCUT2D eigenvalue weighted by Crippen LogP contribution is 2.43. The molecule has 0 spiro atoms. The third-order valence-electron chi connectivity index (χ3n) is 7.68. The van der Waals surface area contributed by atoms with Gasteiger partial charge in [-0.15, -0.1) is 0 Å². The Kier molecular flexibility index (Phi) is 6.25. The van der Waals surface area contributed by atoms with Gasteiger partial charge in [-0.3, -0.25) is 4.79 Å². The summed E-state index contributed by atoms with van der Waals surface area (Å²) >= 11 is 0. The van der Waals surface area contributed by atoms with Gasteiger partial charge in [0, 0.05) is 43.6 Å². The van der Waals surface area contributed by atoms with Gasteiger partial charge >= 0.3 is 6.18 Å². The fourth-order valence-corrected chi connectivity index (χ4v) is 5.64. The number of rotatable bonds is 3. The quantitative estimate of drug-likeness (QED) is 0.628. The van der Waals surface area contributed by atoms with Gasteiger partial charge in [-0.2, -0.15) is 18.3 Å². The number of carbonyl (C=O) groups is 1. The first-order chi connectivity index (χ1) is 15.1. The molecule has 0 aromatic carbocycles. The fourth-order valence-electron chi connectivity index (χ4n) is 5.64. The van der Waals surface area contributed by atoms with Crippen molar-refractivity contribution in [1.82, 2.24) is 19.5 Å². The molecule has 1 amide bonds. The highest BCUT2D eigenvalue weighted by atomic mass is 19.4. The maximum absolute atomic E-state index is 13.1. The van der Waals surface area contributed by atoms with Crippen molar-refractivity contribution in [3.63, 3.8) is 0 Å². The van der Waals surface area contributed by atoms with E-state index in [-0.39, 0.29) is 30.6 Å². The van der Waals surface area contributed by atoms with Crippen molar-refractivity contribution in [3.8, 4) is 0 Å². The average molecular weight is 451 g/mol. The molecule has 0 N–H and O–H groups in total. The lowest BCUT2D eigenvalue weighted by atomic mass is 9.80. The van der Waals surface area contributed by atoms with Gasteiger partial charge in [-0.25, -0.2) is 9.50 Å². The van der Waals surface area contributed by atoms with Crippen LogP contribution in [-0.4, -0.2) is 44.7 Å². The number of carbonyl (C=O) groups excluding carboxylic acids is 1. The smallest absolute Gasteiger partial charge is 0.342 e. The van der Waals surface area contributed by atoms with E-state index in [1.165, 1.54) is 0 Å². The van der Waals surface area contributed by atoms with Crippen molar-refractivity contribution in [2.24, 2.45) is 11.8 Å². The van der Waals surface area contributed by atoms with Crippen molar-refractivity contribution < 1.29 is 18.0 Å². The zero-order chi connectivity index (χ0) is 23.2. The van der Waals surface area contributed by atoms with E-state index in [0.717, 1.165) is 47.7 Å². The molecule has 0 radical (unpaired) electrons. The molecule has 2 atom stereocenters. The first kappa shape index (κ1) is 23.1. The molecule has 1 aliphatic carbocycles. The average Bonchev–Trinajstić information content (AvgIpc) is 3.16. The van der Waals surface area contributed by atoms with Gasteiger partial charge < -0.3 is 4.90 Å². The van der Waals surface area contributed by atoms with Gasteiger partial charge in [-0.05, 0) is 56.9 Å². The lowest BCUT2D eigenvalue weighted by Gasteiger charge is -2.37. The van der Waals surface area contributed by atoms with Crippen LogP contribution in [0.3, 0.4) is 0 Å². The molecular weight excluding hydrogens is 417 g/mol. The Morgan fingerprint density at radius 3 is 2.47 bits per heavy atom. The summed E-state index contributed by atoms with van der Waals surface area (Å²) in [6, 6.07) is 1.96. The molecule has 8 heteroatoms. The highest BCUT2D eigenvalue weighted by Gasteiger charge is 2.42. The molecule has 2 aromatic rings. The van der Waals surface area contributed by atoms with Crippen molar-refractivity contribution >= 4 is 11.6 Å². The Labute approximate surface area is 187 Å². The van der Waals surface area contributed by atoms with Crippen molar-refractivity contribution in [3.05, 3.63) is 28.7 Å². The number of aromatic nitrogens is 3. The predicted molar refractivity (Wildman–Crippen MR) is 117 cm³/mol. The normalized spacial score (nSPS) is 27.2. The lowest BCUT2D eigenvalue weighted by molar-refractivity contribution is -0.182. The molecule has 1 saturated heterocycles. The van der Waals surface area contributed by atoms with Crippen LogP contribution >= 0.6 is 0 Å². The molecular formula is C24H33F3N4O. The zero-order valence-corrected chi connectivity index (χ0v) is 19.4. The molecule has 2 aliphatic rings. The molecule has 5 nitrogen and oxygen atoms in total. The number of halogens is 3. The van der Waals surface area contributed by atoms with Crippen molar-refractivity contribution in [1.29, 1.82) is 0 Å². The Bertz CT molecular complexity index is 991.